The second-order valence-corrected chi connectivity index (χ2v) is 10.8. The smallest absolute Gasteiger partial charge is 0.414 e. The van der Waals surface area contributed by atoms with Crippen molar-refractivity contribution in [1.29, 1.82) is 0 Å². The minimum absolute atomic E-state index is 0.00479. The van der Waals surface area contributed by atoms with E-state index < -0.39 is 8.69 Å². The van der Waals surface area contributed by atoms with Crippen molar-refractivity contribution in [3.63, 3.8) is 0 Å². The topological polar surface area (TPSA) is 18.5 Å². The molecule has 0 spiro atoms. The van der Waals surface area contributed by atoms with Crippen molar-refractivity contribution < 1.29 is 13.2 Å². The summed E-state index contributed by atoms with van der Waals surface area (Å²) in [6.07, 6.45) is 0. The third-order valence-corrected chi connectivity index (χ3v) is 6.25. The van der Waals surface area contributed by atoms with Crippen LogP contribution in [0.15, 0.2) is 24.3 Å². The molecular weight excluding hydrogens is 370 g/mol. The molecule has 0 saturated carbocycles. The first kappa shape index (κ1) is 21.1. The van der Waals surface area contributed by atoms with Crippen LogP contribution in [-0.4, -0.2) is 0 Å². The van der Waals surface area contributed by atoms with E-state index in [9.17, 15) is 4.20 Å². The molecule has 28 heavy (non-hydrogen) atoms. The van der Waals surface area contributed by atoms with Gasteiger partial charge in [0.2, 0.25) is 0 Å². The summed E-state index contributed by atoms with van der Waals surface area (Å²) in [5, 5.41) is 0. The van der Waals surface area contributed by atoms with Gasteiger partial charge in [0.1, 0.15) is 11.5 Å². The Morgan fingerprint density at radius 3 is 1.43 bits per heavy atom. The molecule has 0 bridgehead atoms. The van der Waals surface area contributed by atoms with Gasteiger partial charge in [0, 0.05) is 17.0 Å². The Bertz CT molecular complexity index is 833. The number of benzene rings is 2. The summed E-state index contributed by atoms with van der Waals surface area (Å²) in [6, 6.07) is 8.58. The van der Waals surface area contributed by atoms with Gasteiger partial charge in [0.05, 0.1) is 0 Å². The zero-order valence-corrected chi connectivity index (χ0v) is 19.4. The van der Waals surface area contributed by atoms with E-state index in [2.05, 4.69) is 72.7 Å². The van der Waals surface area contributed by atoms with Crippen molar-refractivity contribution in [2.75, 3.05) is 0 Å². The number of rotatable bonds is 0. The van der Waals surface area contributed by atoms with Crippen molar-refractivity contribution in [2.45, 2.75) is 79.1 Å². The van der Waals surface area contributed by atoms with Crippen molar-refractivity contribution in [1.82, 2.24) is 0 Å². The van der Waals surface area contributed by atoms with Crippen LogP contribution in [-0.2, 0) is 10.8 Å². The Balaban J connectivity index is 2.29. The molecule has 0 aliphatic carbocycles. The molecular formula is C24H32FO2P. The maximum Gasteiger partial charge on any atom is 0.505 e. The fourth-order valence-electron chi connectivity index (χ4n) is 3.69. The normalized spacial score (nSPS) is 19.6. The van der Waals surface area contributed by atoms with Crippen LogP contribution >= 0.6 is 8.69 Å². The molecule has 0 unspecified atom stereocenters. The molecule has 1 aliphatic heterocycles. The highest BCUT2D eigenvalue weighted by Crippen LogP contribution is 2.53. The molecule has 3 rings (SSSR count). The lowest BCUT2D eigenvalue weighted by molar-refractivity contribution is 0.420. The minimum atomic E-state index is -2.54. The quantitative estimate of drug-likeness (QED) is 0.415. The first-order valence-electron chi connectivity index (χ1n) is 9.91. The summed E-state index contributed by atoms with van der Waals surface area (Å²) >= 11 is 0. The molecule has 1 aliphatic rings. The van der Waals surface area contributed by atoms with Crippen LogP contribution in [0.3, 0.4) is 0 Å². The monoisotopic (exact) mass is 402 g/mol. The van der Waals surface area contributed by atoms with Gasteiger partial charge in [-0.3, -0.25) is 0 Å². The summed E-state index contributed by atoms with van der Waals surface area (Å²) in [4.78, 5) is 0. The van der Waals surface area contributed by atoms with Crippen LogP contribution in [0.1, 0.15) is 87.8 Å². The Morgan fingerprint density at radius 1 is 0.750 bits per heavy atom. The first-order valence-corrected chi connectivity index (χ1v) is 11.0. The standard InChI is InChI=1S/C24H32FO2P/c1-14-10-17(23(4,5)6)12-19-16(3)20-13-18(24(7,8)9)11-15(2)22(20)27-28(25)26-21(14)19/h10-13,16H,1-9H3. The van der Waals surface area contributed by atoms with Crippen molar-refractivity contribution in [3.8, 4) is 11.5 Å². The first-order chi connectivity index (χ1) is 12.8. The van der Waals surface area contributed by atoms with Gasteiger partial charge in [-0.2, -0.15) is 0 Å². The Kier molecular flexibility index (Phi) is 5.30. The predicted molar refractivity (Wildman–Crippen MR) is 117 cm³/mol. The van der Waals surface area contributed by atoms with E-state index in [0.717, 1.165) is 22.3 Å². The highest BCUT2D eigenvalue weighted by molar-refractivity contribution is 7.42. The van der Waals surface area contributed by atoms with E-state index in [4.69, 9.17) is 9.05 Å². The Hall–Kier alpha value is -1.60. The van der Waals surface area contributed by atoms with Gasteiger partial charge in [0.15, 0.2) is 0 Å². The van der Waals surface area contributed by atoms with Gasteiger partial charge in [-0.1, -0.05) is 72.7 Å². The fraction of sp³-hybridized carbons (Fsp3) is 0.500. The van der Waals surface area contributed by atoms with Gasteiger partial charge in [-0.25, -0.2) is 0 Å². The van der Waals surface area contributed by atoms with E-state index in [0.29, 0.717) is 11.5 Å². The van der Waals surface area contributed by atoms with Crippen LogP contribution < -0.4 is 9.05 Å². The highest BCUT2D eigenvalue weighted by atomic mass is 31.2. The fourth-order valence-corrected chi connectivity index (χ4v) is 4.51. The van der Waals surface area contributed by atoms with Crippen LogP contribution in [0.25, 0.3) is 0 Å². The molecule has 2 aromatic carbocycles. The summed E-state index contributed by atoms with van der Waals surface area (Å²) in [7, 11) is -2.54. The molecule has 1 heterocycles. The van der Waals surface area contributed by atoms with Crippen molar-refractivity contribution in [3.05, 3.63) is 57.6 Å². The summed E-state index contributed by atoms with van der Waals surface area (Å²) < 4.78 is 26.1. The van der Waals surface area contributed by atoms with E-state index in [1.165, 1.54) is 11.1 Å². The molecule has 0 fully saturated rings. The van der Waals surface area contributed by atoms with Gasteiger partial charge < -0.3 is 9.05 Å². The molecule has 0 amide bonds. The van der Waals surface area contributed by atoms with Gasteiger partial charge in [0.25, 0.3) is 0 Å². The second-order valence-electron chi connectivity index (χ2n) is 10.0. The molecule has 0 atom stereocenters. The van der Waals surface area contributed by atoms with E-state index in [1.54, 1.807) is 0 Å². The number of fused-ring (bicyclic) bond motifs is 2. The summed E-state index contributed by atoms with van der Waals surface area (Å²) in [6.45, 7) is 19.3. The highest BCUT2D eigenvalue weighted by Gasteiger charge is 2.32. The maximum atomic E-state index is 14.8. The third kappa shape index (κ3) is 3.92. The largest absolute Gasteiger partial charge is 0.505 e. The second kappa shape index (κ2) is 7.02. The predicted octanol–water partition coefficient (Wildman–Crippen LogP) is 8.02. The number of aryl methyl sites for hydroxylation is 2. The molecule has 0 saturated heterocycles. The zero-order valence-electron chi connectivity index (χ0n) is 18.5. The van der Waals surface area contributed by atoms with Crippen LogP contribution in [0, 0.1) is 13.8 Å². The molecule has 4 heteroatoms. The van der Waals surface area contributed by atoms with E-state index in [1.807, 2.05) is 13.8 Å². The van der Waals surface area contributed by atoms with E-state index >= 15 is 0 Å². The summed E-state index contributed by atoms with van der Waals surface area (Å²) in [5.74, 6) is 1.29. The van der Waals surface area contributed by atoms with Crippen molar-refractivity contribution in [2.24, 2.45) is 0 Å². The number of hydrogen-bond donors (Lipinski definition) is 0. The minimum Gasteiger partial charge on any atom is -0.414 e. The maximum absolute atomic E-state index is 14.8. The number of halogens is 1. The van der Waals surface area contributed by atoms with Gasteiger partial charge in [-0.05, 0) is 46.9 Å². The van der Waals surface area contributed by atoms with Crippen LogP contribution in [0.5, 0.6) is 11.5 Å². The zero-order chi connectivity index (χ0) is 21.0. The molecule has 2 aromatic rings. The lowest BCUT2D eigenvalue weighted by Gasteiger charge is -2.30. The Morgan fingerprint density at radius 2 is 1.11 bits per heavy atom. The average Bonchev–Trinajstić information content (AvgIpc) is 2.54. The van der Waals surface area contributed by atoms with Crippen molar-refractivity contribution >= 4 is 8.69 Å². The number of hydrogen-bond acceptors (Lipinski definition) is 2. The lowest BCUT2D eigenvalue weighted by atomic mass is 9.79. The SMILES string of the molecule is Cc1cc(C(C)(C)C)cc2c1OP(F)Oc1c(C)cc(C(C)(C)C)cc1C2C. The van der Waals surface area contributed by atoms with Gasteiger partial charge >= 0.3 is 8.69 Å². The molecule has 0 N–H and O–H groups in total. The molecule has 0 radical (unpaired) electrons. The van der Waals surface area contributed by atoms with Crippen LogP contribution in [0.4, 0.5) is 4.20 Å². The molecule has 2 nitrogen and oxygen atoms in total. The molecule has 152 valence electrons. The van der Waals surface area contributed by atoms with Gasteiger partial charge in [-0.15, -0.1) is 4.20 Å². The summed E-state index contributed by atoms with van der Waals surface area (Å²) in [5.41, 5.74) is 6.44. The average molecular weight is 402 g/mol. The Labute approximate surface area is 170 Å². The molecule has 0 aromatic heterocycles. The van der Waals surface area contributed by atoms with Crippen LogP contribution in [0.2, 0.25) is 0 Å². The third-order valence-electron chi connectivity index (χ3n) is 5.60. The van der Waals surface area contributed by atoms with E-state index in [-0.39, 0.29) is 16.7 Å². The lowest BCUT2D eigenvalue weighted by Crippen LogP contribution is -2.16.